The van der Waals surface area contributed by atoms with Crippen molar-refractivity contribution in [2.75, 3.05) is 0 Å². The standard InChI is InChI=1S/C12H22O4/c1-6(2)9-11-10(8(13)7(3)14-9)15-12(4,5)16-11/h6-11,13H,1-5H3. The smallest absolute Gasteiger partial charge is 0.164 e. The predicted octanol–water partition coefficient (Wildman–Crippen LogP) is 1.31. The van der Waals surface area contributed by atoms with Crippen LogP contribution in [0.4, 0.5) is 0 Å². The lowest BCUT2D eigenvalue weighted by molar-refractivity contribution is -0.192. The van der Waals surface area contributed by atoms with E-state index in [4.69, 9.17) is 14.2 Å². The number of aliphatic hydroxyl groups excluding tert-OH is 1. The van der Waals surface area contributed by atoms with Gasteiger partial charge in [0.1, 0.15) is 18.3 Å². The van der Waals surface area contributed by atoms with Crippen LogP contribution in [0.3, 0.4) is 0 Å². The molecule has 2 fully saturated rings. The molecule has 2 rings (SSSR count). The topological polar surface area (TPSA) is 47.9 Å². The molecule has 4 nitrogen and oxygen atoms in total. The van der Waals surface area contributed by atoms with E-state index in [0.29, 0.717) is 5.92 Å². The highest BCUT2D eigenvalue weighted by molar-refractivity contribution is 4.98. The van der Waals surface area contributed by atoms with E-state index in [0.717, 1.165) is 0 Å². The molecule has 0 amide bonds. The summed E-state index contributed by atoms with van der Waals surface area (Å²) in [6, 6.07) is 0. The molecule has 5 atom stereocenters. The number of hydrogen-bond acceptors (Lipinski definition) is 4. The summed E-state index contributed by atoms with van der Waals surface area (Å²) in [5.41, 5.74) is 0. The molecule has 5 unspecified atom stereocenters. The highest BCUT2D eigenvalue weighted by atomic mass is 16.8. The molecule has 0 spiro atoms. The minimum atomic E-state index is -0.628. The Morgan fingerprint density at radius 1 is 1.12 bits per heavy atom. The van der Waals surface area contributed by atoms with E-state index in [-0.39, 0.29) is 24.4 Å². The van der Waals surface area contributed by atoms with Gasteiger partial charge in [0, 0.05) is 0 Å². The van der Waals surface area contributed by atoms with Crippen LogP contribution in [0.25, 0.3) is 0 Å². The number of ether oxygens (including phenoxy) is 3. The fourth-order valence-electron chi connectivity index (χ4n) is 2.54. The van der Waals surface area contributed by atoms with E-state index in [9.17, 15) is 5.11 Å². The molecule has 0 aromatic heterocycles. The molecule has 0 aromatic carbocycles. The van der Waals surface area contributed by atoms with Crippen molar-refractivity contribution in [1.29, 1.82) is 0 Å². The second-order valence-electron chi connectivity index (χ2n) is 5.61. The third-order valence-corrected chi connectivity index (χ3v) is 3.33. The van der Waals surface area contributed by atoms with E-state index in [1.54, 1.807) is 0 Å². The number of fused-ring (bicyclic) bond motifs is 1. The van der Waals surface area contributed by atoms with Gasteiger partial charge >= 0.3 is 0 Å². The van der Waals surface area contributed by atoms with Gasteiger partial charge in [-0.3, -0.25) is 0 Å². The minimum absolute atomic E-state index is 0.00910. The van der Waals surface area contributed by atoms with Gasteiger partial charge in [-0.25, -0.2) is 0 Å². The van der Waals surface area contributed by atoms with Crippen molar-refractivity contribution >= 4 is 0 Å². The zero-order chi connectivity index (χ0) is 12.1. The lowest BCUT2D eigenvalue weighted by atomic mass is 9.90. The van der Waals surface area contributed by atoms with Crippen LogP contribution >= 0.6 is 0 Å². The molecular weight excluding hydrogens is 208 g/mol. The average molecular weight is 230 g/mol. The Kier molecular flexibility index (Phi) is 3.03. The zero-order valence-corrected chi connectivity index (χ0v) is 10.6. The summed E-state index contributed by atoms with van der Waals surface area (Å²) in [6.45, 7) is 9.83. The Morgan fingerprint density at radius 2 is 1.69 bits per heavy atom. The van der Waals surface area contributed by atoms with Crippen LogP contribution in [0.15, 0.2) is 0 Å². The third kappa shape index (κ3) is 1.99. The number of aliphatic hydroxyl groups is 1. The molecule has 94 valence electrons. The van der Waals surface area contributed by atoms with Crippen molar-refractivity contribution in [3.05, 3.63) is 0 Å². The number of rotatable bonds is 1. The lowest BCUT2D eigenvalue weighted by Crippen LogP contribution is -2.56. The summed E-state index contributed by atoms with van der Waals surface area (Å²) in [7, 11) is 0. The van der Waals surface area contributed by atoms with Crippen LogP contribution in [0.2, 0.25) is 0 Å². The van der Waals surface area contributed by atoms with Crippen LogP contribution < -0.4 is 0 Å². The van der Waals surface area contributed by atoms with Gasteiger partial charge < -0.3 is 19.3 Å². The summed E-state index contributed by atoms with van der Waals surface area (Å²) in [5.74, 6) is -0.281. The third-order valence-electron chi connectivity index (χ3n) is 3.33. The van der Waals surface area contributed by atoms with Crippen molar-refractivity contribution < 1.29 is 19.3 Å². The molecule has 2 aliphatic rings. The normalized spacial score (nSPS) is 47.1. The first-order valence-electron chi connectivity index (χ1n) is 6.01. The fourth-order valence-corrected chi connectivity index (χ4v) is 2.54. The van der Waals surface area contributed by atoms with Gasteiger partial charge in [0.2, 0.25) is 0 Å². The van der Waals surface area contributed by atoms with E-state index in [2.05, 4.69) is 13.8 Å². The molecule has 2 heterocycles. The van der Waals surface area contributed by atoms with E-state index >= 15 is 0 Å². The van der Waals surface area contributed by atoms with Crippen molar-refractivity contribution in [3.8, 4) is 0 Å². The quantitative estimate of drug-likeness (QED) is 0.738. The molecule has 4 heteroatoms. The summed E-state index contributed by atoms with van der Waals surface area (Å²) < 4.78 is 17.4. The first-order valence-corrected chi connectivity index (χ1v) is 6.01. The Labute approximate surface area is 96.9 Å². The second-order valence-corrected chi connectivity index (χ2v) is 5.61. The molecule has 0 bridgehead atoms. The maximum absolute atomic E-state index is 10.0. The van der Waals surface area contributed by atoms with E-state index in [1.165, 1.54) is 0 Å². The Morgan fingerprint density at radius 3 is 2.25 bits per heavy atom. The SMILES string of the molecule is CC(C)C1OC(C)C(O)C2OC(C)(C)OC12. The fraction of sp³-hybridized carbons (Fsp3) is 1.00. The molecule has 16 heavy (non-hydrogen) atoms. The Balaban J connectivity index is 2.21. The first kappa shape index (κ1) is 12.3. The minimum Gasteiger partial charge on any atom is -0.388 e. The van der Waals surface area contributed by atoms with Gasteiger partial charge in [0.15, 0.2) is 5.79 Å². The summed E-state index contributed by atoms with van der Waals surface area (Å²) in [6.07, 6.45) is -1.26. The second kappa shape index (κ2) is 3.95. The van der Waals surface area contributed by atoms with Gasteiger partial charge in [0.05, 0.1) is 12.2 Å². The molecule has 0 aliphatic carbocycles. The largest absolute Gasteiger partial charge is 0.388 e. The van der Waals surface area contributed by atoms with Gasteiger partial charge in [-0.05, 0) is 26.7 Å². The summed E-state index contributed by atoms with van der Waals surface area (Å²) >= 11 is 0. The van der Waals surface area contributed by atoms with Crippen molar-refractivity contribution in [1.82, 2.24) is 0 Å². The van der Waals surface area contributed by atoms with Crippen LogP contribution in [-0.2, 0) is 14.2 Å². The summed E-state index contributed by atoms with van der Waals surface area (Å²) in [4.78, 5) is 0. The van der Waals surface area contributed by atoms with Gasteiger partial charge in [-0.1, -0.05) is 13.8 Å². The summed E-state index contributed by atoms with van der Waals surface area (Å²) in [5, 5.41) is 10.0. The van der Waals surface area contributed by atoms with Gasteiger partial charge in [-0.15, -0.1) is 0 Å². The molecule has 0 saturated carbocycles. The maximum Gasteiger partial charge on any atom is 0.164 e. The van der Waals surface area contributed by atoms with E-state index < -0.39 is 11.9 Å². The lowest BCUT2D eigenvalue weighted by Gasteiger charge is -2.40. The van der Waals surface area contributed by atoms with Crippen molar-refractivity contribution in [3.63, 3.8) is 0 Å². The molecular formula is C12H22O4. The Bertz CT molecular complexity index is 264. The maximum atomic E-state index is 10.0. The first-order chi connectivity index (χ1) is 7.32. The van der Waals surface area contributed by atoms with Crippen LogP contribution in [0.5, 0.6) is 0 Å². The van der Waals surface area contributed by atoms with Gasteiger partial charge in [-0.2, -0.15) is 0 Å². The van der Waals surface area contributed by atoms with Crippen LogP contribution in [0, 0.1) is 5.92 Å². The van der Waals surface area contributed by atoms with Gasteiger partial charge in [0.25, 0.3) is 0 Å². The molecule has 2 aliphatic heterocycles. The molecule has 1 N–H and O–H groups in total. The van der Waals surface area contributed by atoms with E-state index in [1.807, 2.05) is 20.8 Å². The molecule has 0 radical (unpaired) electrons. The highest BCUT2D eigenvalue weighted by Gasteiger charge is 2.54. The molecule has 2 saturated heterocycles. The average Bonchev–Trinajstić information content (AvgIpc) is 2.47. The molecule has 0 aromatic rings. The predicted molar refractivity (Wildman–Crippen MR) is 59.0 cm³/mol. The Hall–Kier alpha value is -0.160. The van der Waals surface area contributed by atoms with Crippen LogP contribution in [-0.4, -0.2) is 41.4 Å². The van der Waals surface area contributed by atoms with Crippen LogP contribution in [0.1, 0.15) is 34.6 Å². The van der Waals surface area contributed by atoms with Crippen molar-refractivity contribution in [2.24, 2.45) is 5.92 Å². The monoisotopic (exact) mass is 230 g/mol. The highest BCUT2D eigenvalue weighted by Crippen LogP contribution is 2.39. The van der Waals surface area contributed by atoms with Crippen molar-refractivity contribution in [2.45, 2.75) is 70.9 Å². The number of hydrogen-bond donors (Lipinski definition) is 1. The zero-order valence-electron chi connectivity index (χ0n) is 10.6.